The van der Waals surface area contributed by atoms with E-state index in [4.69, 9.17) is 4.74 Å². The Balaban J connectivity index is 2.23. The van der Waals surface area contributed by atoms with Gasteiger partial charge in [0.1, 0.15) is 23.1 Å². The minimum Gasteiger partial charge on any atom is -0.457 e. The maximum atomic E-state index is 13.9. The zero-order valence-electron chi connectivity index (χ0n) is 12.8. The van der Waals surface area contributed by atoms with Gasteiger partial charge in [0.2, 0.25) is 0 Å². The number of alkyl halides is 6. The first-order chi connectivity index (χ1) is 12.3. The van der Waals surface area contributed by atoms with Crippen LogP contribution in [0, 0.1) is 11.6 Å². The van der Waals surface area contributed by atoms with Crippen molar-refractivity contribution in [3.63, 3.8) is 0 Å². The van der Waals surface area contributed by atoms with Crippen LogP contribution in [0.3, 0.4) is 0 Å². The van der Waals surface area contributed by atoms with Crippen LogP contribution >= 0.6 is 0 Å². The molecule has 0 bridgehead atoms. The summed E-state index contributed by atoms with van der Waals surface area (Å²) in [5.41, 5.74) is -5.23. The standard InChI is InChI=1S/C16H8F8O3/c17-6-3-7(18)5-8(4-6)27-10-2-1-9-12(11(10)13(19)20)15(25,26)16(23,24)14(9,21)22/h1-5,13,25-26H. The van der Waals surface area contributed by atoms with E-state index in [1.165, 1.54) is 0 Å². The van der Waals surface area contributed by atoms with Gasteiger partial charge in [-0.05, 0) is 12.1 Å². The summed E-state index contributed by atoms with van der Waals surface area (Å²) in [6.07, 6.45) is -3.77. The van der Waals surface area contributed by atoms with Gasteiger partial charge in [-0.1, -0.05) is 0 Å². The van der Waals surface area contributed by atoms with Crippen molar-refractivity contribution in [3.05, 3.63) is 58.7 Å². The molecule has 3 rings (SSSR count). The van der Waals surface area contributed by atoms with Gasteiger partial charge in [0.05, 0.1) is 5.56 Å². The molecule has 146 valence electrons. The third-order valence-corrected chi connectivity index (χ3v) is 4.01. The SMILES string of the molecule is OC1(O)c2c(ccc(Oc3cc(F)cc(F)c3)c2C(F)F)C(F)(F)C1(F)F. The highest BCUT2D eigenvalue weighted by Crippen LogP contribution is 2.62. The number of hydrogen-bond acceptors (Lipinski definition) is 3. The van der Waals surface area contributed by atoms with E-state index < -0.39 is 63.9 Å². The van der Waals surface area contributed by atoms with E-state index >= 15 is 0 Å². The molecular formula is C16H8F8O3. The van der Waals surface area contributed by atoms with E-state index in [1.54, 1.807) is 0 Å². The van der Waals surface area contributed by atoms with Crippen LogP contribution in [-0.2, 0) is 11.7 Å². The molecule has 11 heteroatoms. The van der Waals surface area contributed by atoms with E-state index in [1.807, 2.05) is 0 Å². The Bertz CT molecular complexity index is 891. The molecule has 2 aromatic carbocycles. The van der Waals surface area contributed by atoms with Crippen molar-refractivity contribution in [1.82, 2.24) is 0 Å². The summed E-state index contributed by atoms with van der Waals surface area (Å²) in [5.74, 6) is -19.4. The zero-order valence-corrected chi connectivity index (χ0v) is 12.8. The first kappa shape index (κ1) is 19.4. The molecule has 0 fully saturated rings. The van der Waals surface area contributed by atoms with Crippen molar-refractivity contribution in [2.45, 2.75) is 24.1 Å². The summed E-state index contributed by atoms with van der Waals surface area (Å²) in [7, 11) is 0. The number of ether oxygens (including phenoxy) is 1. The summed E-state index contributed by atoms with van der Waals surface area (Å²) in [5, 5.41) is 19.1. The van der Waals surface area contributed by atoms with Crippen LogP contribution < -0.4 is 4.74 Å². The maximum Gasteiger partial charge on any atom is 0.371 e. The molecule has 1 aliphatic carbocycles. The molecule has 1 aliphatic rings. The van der Waals surface area contributed by atoms with Gasteiger partial charge in [-0.15, -0.1) is 0 Å². The van der Waals surface area contributed by atoms with E-state index in [-0.39, 0.29) is 6.07 Å². The predicted molar refractivity (Wildman–Crippen MR) is 72.8 cm³/mol. The average molecular weight is 400 g/mol. The van der Waals surface area contributed by atoms with Crippen molar-refractivity contribution in [2.24, 2.45) is 0 Å². The van der Waals surface area contributed by atoms with E-state index in [0.29, 0.717) is 24.3 Å². The molecule has 0 amide bonds. The maximum absolute atomic E-state index is 13.9. The van der Waals surface area contributed by atoms with Crippen molar-refractivity contribution < 1.29 is 50.1 Å². The minimum atomic E-state index is -5.52. The quantitative estimate of drug-likeness (QED) is 0.586. The van der Waals surface area contributed by atoms with Crippen LogP contribution in [0.4, 0.5) is 35.1 Å². The van der Waals surface area contributed by atoms with E-state index in [0.717, 1.165) is 0 Å². The second-order valence-electron chi connectivity index (χ2n) is 5.73. The number of rotatable bonds is 3. The van der Waals surface area contributed by atoms with Crippen molar-refractivity contribution >= 4 is 0 Å². The Morgan fingerprint density at radius 1 is 0.889 bits per heavy atom. The van der Waals surface area contributed by atoms with E-state index in [2.05, 4.69) is 0 Å². The van der Waals surface area contributed by atoms with Crippen molar-refractivity contribution in [1.29, 1.82) is 0 Å². The predicted octanol–water partition coefficient (Wildman–Crippen LogP) is 4.57. The van der Waals surface area contributed by atoms with Crippen molar-refractivity contribution in [3.8, 4) is 11.5 Å². The summed E-state index contributed by atoms with van der Waals surface area (Å²) < 4.78 is 113. The Kier molecular flexibility index (Phi) is 4.16. The lowest BCUT2D eigenvalue weighted by Crippen LogP contribution is -2.49. The Hall–Kier alpha value is -2.40. The zero-order chi connectivity index (χ0) is 20.4. The molecule has 2 aromatic rings. The normalized spacial score (nSPS) is 19.2. The lowest BCUT2D eigenvalue weighted by molar-refractivity contribution is -0.358. The summed E-state index contributed by atoms with van der Waals surface area (Å²) >= 11 is 0. The topological polar surface area (TPSA) is 49.7 Å². The Labute approximate surface area is 145 Å². The molecule has 0 atom stereocenters. The van der Waals surface area contributed by atoms with Gasteiger partial charge in [0.15, 0.2) is 0 Å². The van der Waals surface area contributed by atoms with Gasteiger partial charge in [-0.3, -0.25) is 0 Å². The van der Waals surface area contributed by atoms with Gasteiger partial charge in [-0.2, -0.15) is 17.6 Å². The average Bonchev–Trinajstić information content (AvgIpc) is 2.61. The smallest absolute Gasteiger partial charge is 0.371 e. The highest BCUT2D eigenvalue weighted by molar-refractivity contribution is 5.55. The van der Waals surface area contributed by atoms with Crippen LogP contribution in [0.25, 0.3) is 0 Å². The first-order valence-corrected chi connectivity index (χ1v) is 7.11. The fourth-order valence-corrected chi connectivity index (χ4v) is 2.80. The minimum absolute atomic E-state index is 0.244. The van der Waals surface area contributed by atoms with Gasteiger partial charge in [0.25, 0.3) is 12.2 Å². The van der Waals surface area contributed by atoms with Crippen LogP contribution in [0.2, 0.25) is 0 Å². The molecule has 2 N–H and O–H groups in total. The van der Waals surface area contributed by atoms with Gasteiger partial charge in [0, 0.05) is 29.3 Å². The molecule has 0 aromatic heterocycles. The summed E-state index contributed by atoms with van der Waals surface area (Å²) in [4.78, 5) is 0. The summed E-state index contributed by atoms with van der Waals surface area (Å²) in [6, 6.07) is 2.22. The molecule has 0 unspecified atom stereocenters. The Morgan fingerprint density at radius 2 is 1.44 bits per heavy atom. The molecule has 0 spiro atoms. The third-order valence-electron chi connectivity index (χ3n) is 4.01. The molecule has 0 heterocycles. The fourth-order valence-electron chi connectivity index (χ4n) is 2.80. The van der Waals surface area contributed by atoms with Crippen LogP contribution in [0.15, 0.2) is 30.3 Å². The van der Waals surface area contributed by atoms with Crippen LogP contribution in [0.5, 0.6) is 11.5 Å². The Morgan fingerprint density at radius 3 is 1.96 bits per heavy atom. The molecule has 3 nitrogen and oxygen atoms in total. The fraction of sp³-hybridized carbons (Fsp3) is 0.250. The highest BCUT2D eigenvalue weighted by Gasteiger charge is 2.77. The lowest BCUT2D eigenvalue weighted by Gasteiger charge is -2.28. The van der Waals surface area contributed by atoms with Crippen LogP contribution in [0.1, 0.15) is 23.1 Å². The van der Waals surface area contributed by atoms with Gasteiger partial charge in [-0.25, -0.2) is 17.6 Å². The second kappa shape index (κ2) is 5.80. The summed E-state index contributed by atoms with van der Waals surface area (Å²) in [6.45, 7) is 0. The highest BCUT2D eigenvalue weighted by atomic mass is 19.3. The van der Waals surface area contributed by atoms with Crippen LogP contribution in [-0.4, -0.2) is 16.1 Å². The number of fused-ring (bicyclic) bond motifs is 1. The molecule has 0 radical (unpaired) electrons. The molecule has 0 saturated heterocycles. The third kappa shape index (κ3) is 2.64. The van der Waals surface area contributed by atoms with Crippen molar-refractivity contribution in [2.75, 3.05) is 0 Å². The van der Waals surface area contributed by atoms with Gasteiger partial charge < -0.3 is 14.9 Å². The lowest BCUT2D eigenvalue weighted by atomic mass is 9.98. The first-order valence-electron chi connectivity index (χ1n) is 7.11. The van der Waals surface area contributed by atoms with Gasteiger partial charge >= 0.3 is 11.8 Å². The number of aliphatic hydroxyl groups is 2. The molecule has 27 heavy (non-hydrogen) atoms. The molecule has 0 aliphatic heterocycles. The monoisotopic (exact) mass is 400 g/mol. The van der Waals surface area contributed by atoms with E-state index in [9.17, 15) is 45.3 Å². The molecule has 0 saturated carbocycles. The number of halogens is 8. The largest absolute Gasteiger partial charge is 0.457 e. The second-order valence-corrected chi connectivity index (χ2v) is 5.73. The molecular weight excluding hydrogens is 392 g/mol. The number of hydrogen-bond donors (Lipinski definition) is 2. The number of benzene rings is 2.